The first-order valence-electron chi connectivity index (χ1n) is 16.4. The van der Waals surface area contributed by atoms with Crippen molar-refractivity contribution < 1.29 is 28.9 Å². The van der Waals surface area contributed by atoms with E-state index in [-0.39, 0.29) is 65.4 Å². The van der Waals surface area contributed by atoms with Crippen molar-refractivity contribution in [3.63, 3.8) is 0 Å². The molecule has 3 fully saturated rings. The number of hydrogen-bond donors (Lipinski definition) is 2. The highest BCUT2D eigenvalue weighted by Gasteiger charge is 2.43. The number of fused-ring (bicyclic) bond motifs is 3. The predicted molar refractivity (Wildman–Crippen MR) is 179 cm³/mol. The van der Waals surface area contributed by atoms with Crippen LogP contribution < -0.4 is 15.1 Å². The molecule has 8 rings (SSSR count). The number of likely N-dealkylation sites (tertiary alicyclic amines) is 1. The van der Waals surface area contributed by atoms with Crippen molar-refractivity contribution in [1.82, 2.24) is 29.0 Å². The Hall–Kier alpha value is -5.80. The van der Waals surface area contributed by atoms with Crippen molar-refractivity contribution in [1.29, 1.82) is 0 Å². The van der Waals surface area contributed by atoms with Gasteiger partial charge in [-0.25, -0.2) is 13.9 Å². The van der Waals surface area contributed by atoms with Gasteiger partial charge in [0.2, 0.25) is 17.2 Å². The molecule has 258 valence electrons. The molecule has 0 bridgehead atoms. The van der Waals surface area contributed by atoms with E-state index in [9.17, 15) is 29.5 Å². The quantitative estimate of drug-likeness (QED) is 0.216. The number of aromatic nitrogens is 5. The molecule has 2 aromatic carbocycles. The highest BCUT2D eigenvalue weighted by Crippen LogP contribution is 2.46. The highest BCUT2D eigenvalue weighted by molar-refractivity contribution is 5.97. The summed E-state index contributed by atoms with van der Waals surface area (Å²) in [7, 11) is 1.41. The molecular weight excluding hydrogens is 651 g/mol. The number of ether oxygens (including phenoxy) is 1. The van der Waals surface area contributed by atoms with Crippen molar-refractivity contribution in [3.8, 4) is 11.6 Å². The summed E-state index contributed by atoms with van der Waals surface area (Å²) in [5.74, 6) is -2.29. The molecule has 3 aromatic heterocycles. The van der Waals surface area contributed by atoms with E-state index in [1.807, 2.05) is 9.80 Å². The molecule has 50 heavy (non-hydrogen) atoms. The van der Waals surface area contributed by atoms with Crippen LogP contribution in [0.15, 0.2) is 52.7 Å². The number of benzene rings is 2. The summed E-state index contributed by atoms with van der Waals surface area (Å²) in [4.78, 5) is 53.8. The lowest BCUT2D eigenvalue weighted by Gasteiger charge is -2.36. The maximum atomic E-state index is 16.0. The number of piperidine rings is 1. The summed E-state index contributed by atoms with van der Waals surface area (Å²) >= 11 is 0. The standard InChI is InChI=1S/C34H33FN8O7/c1-50-32-29-22(31(45)23(34(47)48)15-42(29)20-8-9-20)11-24(35)30(32)39-12-18-5-4-10-41(26(18)16-39)27(44)17-40-13-19(36-38-40)14-43-25-7-3-2-6-21(25)28(37-49)33(43)46/h2-3,6-7,11,13,15,18,20,26,46H,4-5,8-10,12,14,16-17H2,1H3,(H,47,48)/t18-,26+/m1/s1. The molecule has 1 aliphatic carbocycles. The van der Waals surface area contributed by atoms with Gasteiger partial charge in [0.15, 0.2) is 17.3 Å². The Balaban J connectivity index is 1.04. The molecule has 2 saturated heterocycles. The van der Waals surface area contributed by atoms with Crippen LogP contribution in [0.2, 0.25) is 0 Å². The molecule has 2 atom stereocenters. The molecule has 5 aromatic rings. The topological polar surface area (TPSA) is 177 Å². The number of hydrogen-bond acceptors (Lipinski definition) is 10. The number of carbonyl (C=O) groups is 2. The number of pyridine rings is 1. The number of rotatable bonds is 9. The number of aromatic hydroxyl groups is 1. The summed E-state index contributed by atoms with van der Waals surface area (Å²) in [6.45, 7) is 1.35. The number of carboxylic acid groups (broad SMARTS) is 1. The number of carboxylic acids is 1. The maximum Gasteiger partial charge on any atom is 0.341 e. The fourth-order valence-corrected chi connectivity index (χ4v) is 7.80. The monoisotopic (exact) mass is 684 g/mol. The number of anilines is 1. The van der Waals surface area contributed by atoms with Crippen LogP contribution in [0.4, 0.5) is 15.8 Å². The van der Waals surface area contributed by atoms with Crippen LogP contribution in [0, 0.1) is 16.6 Å². The summed E-state index contributed by atoms with van der Waals surface area (Å²) < 4.78 is 26.5. The van der Waals surface area contributed by atoms with E-state index in [0.29, 0.717) is 41.7 Å². The molecule has 3 aliphatic rings. The van der Waals surface area contributed by atoms with E-state index in [4.69, 9.17) is 4.74 Å². The van der Waals surface area contributed by atoms with E-state index in [1.54, 1.807) is 35.0 Å². The maximum absolute atomic E-state index is 16.0. The Morgan fingerprint density at radius 3 is 2.66 bits per heavy atom. The molecule has 1 saturated carbocycles. The summed E-state index contributed by atoms with van der Waals surface area (Å²) in [6, 6.07) is 7.87. The van der Waals surface area contributed by atoms with Crippen LogP contribution in [0.25, 0.3) is 21.8 Å². The molecule has 1 amide bonds. The zero-order valence-corrected chi connectivity index (χ0v) is 27.0. The van der Waals surface area contributed by atoms with Gasteiger partial charge in [0.05, 0.1) is 42.3 Å². The molecule has 2 aliphatic heterocycles. The molecule has 16 heteroatoms. The lowest BCUT2D eigenvalue weighted by molar-refractivity contribution is -0.136. The third-order valence-corrected chi connectivity index (χ3v) is 10.2. The Kier molecular flexibility index (Phi) is 7.53. The normalized spacial score (nSPS) is 18.9. The molecule has 0 radical (unpaired) electrons. The van der Waals surface area contributed by atoms with E-state index in [2.05, 4.69) is 15.5 Å². The fourth-order valence-electron chi connectivity index (χ4n) is 7.80. The van der Waals surface area contributed by atoms with Crippen molar-refractivity contribution in [3.05, 3.63) is 74.9 Å². The summed E-state index contributed by atoms with van der Waals surface area (Å²) in [6.07, 6.45) is 6.17. The Bertz CT molecular complexity index is 2280. The number of methoxy groups -OCH3 is 1. The SMILES string of the molecule is COc1c(N2C[C@H]3CCCN(C(=O)Cn4cc(Cn5c(O)c(N=O)c6ccccc65)nn4)[C@H]3C2)c(F)cc2c(=O)c(C(=O)O)cn(C3CC3)c12. The average Bonchev–Trinajstić information content (AvgIpc) is 3.60. The Morgan fingerprint density at radius 1 is 1.12 bits per heavy atom. The molecule has 0 spiro atoms. The third kappa shape index (κ3) is 5.04. The minimum atomic E-state index is -1.37. The van der Waals surface area contributed by atoms with Gasteiger partial charge in [-0.1, -0.05) is 23.4 Å². The van der Waals surface area contributed by atoms with Crippen LogP contribution in [-0.2, 0) is 17.9 Å². The van der Waals surface area contributed by atoms with Gasteiger partial charge in [0.25, 0.3) is 0 Å². The summed E-state index contributed by atoms with van der Waals surface area (Å²) in [5.41, 5.74) is 0.390. The lowest BCUT2D eigenvalue weighted by atomic mass is 9.92. The second kappa shape index (κ2) is 12.0. The first-order chi connectivity index (χ1) is 24.2. The van der Waals surface area contributed by atoms with E-state index in [1.165, 1.54) is 22.6 Å². The Labute approximate surface area is 283 Å². The summed E-state index contributed by atoms with van der Waals surface area (Å²) in [5, 5.41) is 32.1. The van der Waals surface area contributed by atoms with E-state index < -0.39 is 22.8 Å². The number of nitrogens with zero attached hydrogens (tertiary/aromatic N) is 8. The molecule has 15 nitrogen and oxygen atoms in total. The van der Waals surface area contributed by atoms with Crippen molar-refractivity contribution in [2.45, 2.75) is 50.9 Å². The number of carbonyl (C=O) groups excluding carboxylic acids is 1. The van der Waals surface area contributed by atoms with Crippen LogP contribution in [0.3, 0.4) is 0 Å². The van der Waals surface area contributed by atoms with Gasteiger partial charge >= 0.3 is 5.97 Å². The molecular formula is C34H33FN8O7. The van der Waals surface area contributed by atoms with Crippen LogP contribution in [-0.4, -0.2) is 83.9 Å². The second-order valence-electron chi connectivity index (χ2n) is 13.2. The van der Waals surface area contributed by atoms with Crippen molar-refractivity contribution >= 4 is 45.1 Å². The fraction of sp³-hybridized carbons (Fsp3) is 0.382. The number of nitroso groups, excluding NO2 is 1. The molecule has 5 heterocycles. The molecule has 2 N–H and O–H groups in total. The van der Waals surface area contributed by atoms with Gasteiger partial charge < -0.3 is 33.9 Å². The van der Waals surface area contributed by atoms with Crippen LogP contribution in [0.5, 0.6) is 11.6 Å². The van der Waals surface area contributed by atoms with Crippen LogP contribution >= 0.6 is 0 Å². The van der Waals surface area contributed by atoms with Gasteiger partial charge in [-0.2, -0.15) is 0 Å². The number of aromatic carboxylic acids is 1. The minimum absolute atomic E-state index is 0.0193. The van der Waals surface area contributed by atoms with E-state index in [0.717, 1.165) is 31.7 Å². The van der Waals surface area contributed by atoms with Gasteiger partial charge in [0, 0.05) is 37.3 Å². The average molecular weight is 685 g/mol. The van der Waals surface area contributed by atoms with Gasteiger partial charge in [-0.05, 0) is 48.9 Å². The van der Waals surface area contributed by atoms with Crippen molar-refractivity contribution in [2.75, 3.05) is 31.6 Å². The largest absolute Gasteiger partial charge is 0.493 e. The zero-order valence-electron chi connectivity index (χ0n) is 27.0. The minimum Gasteiger partial charge on any atom is -0.493 e. The van der Waals surface area contributed by atoms with Gasteiger partial charge in [-0.3, -0.25) is 9.59 Å². The number of para-hydroxylation sites is 1. The Morgan fingerprint density at radius 2 is 1.92 bits per heavy atom. The predicted octanol–water partition coefficient (Wildman–Crippen LogP) is 4.01. The number of halogens is 1. The first-order valence-corrected chi connectivity index (χ1v) is 16.4. The van der Waals surface area contributed by atoms with Gasteiger partial charge in [0.1, 0.15) is 23.5 Å². The molecule has 0 unspecified atom stereocenters. The number of amides is 1. The third-order valence-electron chi connectivity index (χ3n) is 10.2. The van der Waals surface area contributed by atoms with E-state index >= 15 is 4.39 Å². The van der Waals surface area contributed by atoms with Gasteiger partial charge in [-0.15, -0.1) is 10.0 Å². The van der Waals surface area contributed by atoms with Crippen molar-refractivity contribution in [2.24, 2.45) is 11.1 Å². The highest BCUT2D eigenvalue weighted by atomic mass is 19.1. The van der Waals surface area contributed by atoms with Crippen LogP contribution in [0.1, 0.15) is 47.8 Å². The first kappa shape index (κ1) is 31.5. The zero-order chi connectivity index (χ0) is 34.8. The lowest BCUT2D eigenvalue weighted by Crippen LogP contribution is -2.49. The second-order valence-corrected chi connectivity index (χ2v) is 13.2. The smallest absolute Gasteiger partial charge is 0.341 e.